The van der Waals surface area contributed by atoms with Crippen molar-refractivity contribution in [3.63, 3.8) is 0 Å². The van der Waals surface area contributed by atoms with Gasteiger partial charge in [0.05, 0.1) is 0 Å². The van der Waals surface area contributed by atoms with E-state index in [0.29, 0.717) is 6.04 Å². The molecule has 1 heteroatoms. The number of aryl methyl sites for hydroxylation is 2. The summed E-state index contributed by atoms with van der Waals surface area (Å²) in [5.74, 6) is 0. The highest BCUT2D eigenvalue weighted by molar-refractivity contribution is 5.22. The Labute approximate surface area is 132 Å². The molecule has 0 radical (unpaired) electrons. The molecule has 21 heavy (non-hydrogen) atoms. The van der Waals surface area contributed by atoms with Gasteiger partial charge in [-0.3, -0.25) is 0 Å². The highest BCUT2D eigenvalue weighted by atomic mass is 14.6. The summed E-state index contributed by atoms with van der Waals surface area (Å²) in [6.07, 6.45) is 13.9. The van der Waals surface area contributed by atoms with Crippen molar-refractivity contribution in [2.45, 2.75) is 90.5 Å². The standard InChI is InChI=1S/C20H35N/c1-3-5-6-7-11-18-14-16-19(17-15-18)12-8-9-13-20(21)10-4-2/h14-17,20H,3-13,21H2,1-2H3. The van der Waals surface area contributed by atoms with Crippen LogP contribution in [0.5, 0.6) is 0 Å². The van der Waals surface area contributed by atoms with Crippen LogP contribution in [-0.2, 0) is 12.8 Å². The summed E-state index contributed by atoms with van der Waals surface area (Å²) in [5, 5.41) is 0. The summed E-state index contributed by atoms with van der Waals surface area (Å²) in [6, 6.07) is 9.71. The summed E-state index contributed by atoms with van der Waals surface area (Å²) in [7, 11) is 0. The number of benzene rings is 1. The summed E-state index contributed by atoms with van der Waals surface area (Å²) >= 11 is 0. The van der Waals surface area contributed by atoms with Crippen LogP contribution in [0.3, 0.4) is 0 Å². The average molecular weight is 290 g/mol. The predicted molar refractivity (Wildman–Crippen MR) is 94.7 cm³/mol. The second-order valence-electron chi connectivity index (χ2n) is 6.42. The van der Waals surface area contributed by atoms with Gasteiger partial charge in [-0.05, 0) is 49.7 Å². The molecular formula is C20H35N. The summed E-state index contributed by atoms with van der Waals surface area (Å²) in [4.78, 5) is 0. The predicted octanol–water partition coefficient (Wildman–Crippen LogP) is 5.65. The minimum atomic E-state index is 0.417. The zero-order chi connectivity index (χ0) is 15.3. The van der Waals surface area contributed by atoms with Crippen LogP contribution in [-0.4, -0.2) is 6.04 Å². The molecular weight excluding hydrogens is 254 g/mol. The Kier molecular flexibility index (Phi) is 10.2. The largest absolute Gasteiger partial charge is 0.328 e. The first-order chi connectivity index (χ1) is 10.3. The van der Waals surface area contributed by atoms with Gasteiger partial charge in [0.25, 0.3) is 0 Å². The highest BCUT2D eigenvalue weighted by Gasteiger charge is 2.01. The molecule has 0 amide bonds. The third-order valence-corrected chi connectivity index (χ3v) is 4.29. The zero-order valence-corrected chi connectivity index (χ0v) is 14.2. The van der Waals surface area contributed by atoms with E-state index >= 15 is 0 Å². The maximum atomic E-state index is 6.05. The van der Waals surface area contributed by atoms with Crippen molar-refractivity contribution in [2.75, 3.05) is 0 Å². The third kappa shape index (κ3) is 8.93. The van der Waals surface area contributed by atoms with Crippen LogP contribution < -0.4 is 5.73 Å². The lowest BCUT2D eigenvalue weighted by atomic mass is 10.0. The Hall–Kier alpha value is -0.820. The fourth-order valence-electron chi connectivity index (χ4n) is 2.88. The number of hydrogen-bond donors (Lipinski definition) is 1. The zero-order valence-electron chi connectivity index (χ0n) is 14.2. The molecule has 120 valence electrons. The van der Waals surface area contributed by atoms with Crippen LogP contribution in [0.1, 0.15) is 82.8 Å². The first-order valence-corrected chi connectivity index (χ1v) is 9.09. The van der Waals surface area contributed by atoms with E-state index in [1.807, 2.05) is 0 Å². The SMILES string of the molecule is CCCCCCc1ccc(CCCCC(N)CCC)cc1. The topological polar surface area (TPSA) is 26.0 Å². The molecule has 1 rings (SSSR count). The normalized spacial score (nSPS) is 12.5. The number of rotatable bonds is 12. The van der Waals surface area contributed by atoms with Gasteiger partial charge >= 0.3 is 0 Å². The molecule has 1 nitrogen and oxygen atoms in total. The quantitative estimate of drug-likeness (QED) is 0.494. The van der Waals surface area contributed by atoms with Gasteiger partial charge in [0.15, 0.2) is 0 Å². The van der Waals surface area contributed by atoms with Crippen LogP contribution >= 0.6 is 0 Å². The number of nitrogens with two attached hydrogens (primary N) is 1. The molecule has 0 bridgehead atoms. The first-order valence-electron chi connectivity index (χ1n) is 9.09. The number of unbranched alkanes of at least 4 members (excludes halogenated alkanes) is 4. The van der Waals surface area contributed by atoms with Crippen LogP contribution in [0.4, 0.5) is 0 Å². The minimum Gasteiger partial charge on any atom is -0.328 e. The van der Waals surface area contributed by atoms with E-state index in [1.54, 1.807) is 0 Å². The van der Waals surface area contributed by atoms with Crippen LogP contribution in [0.25, 0.3) is 0 Å². The van der Waals surface area contributed by atoms with E-state index in [-0.39, 0.29) is 0 Å². The second-order valence-corrected chi connectivity index (χ2v) is 6.42. The third-order valence-electron chi connectivity index (χ3n) is 4.29. The maximum Gasteiger partial charge on any atom is 0.00387 e. The molecule has 1 unspecified atom stereocenters. The van der Waals surface area contributed by atoms with Gasteiger partial charge in [-0.1, -0.05) is 70.2 Å². The van der Waals surface area contributed by atoms with Gasteiger partial charge in [0.1, 0.15) is 0 Å². The van der Waals surface area contributed by atoms with Gasteiger partial charge in [-0.15, -0.1) is 0 Å². The molecule has 0 spiro atoms. The van der Waals surface area contributed by atoms with Crippen molar-refractivity contribution in [2.24, 2.45) is 5.73 Å². The molecule has 1 atom stereocenters. The molecule has 0 aromatic heterocycles. The molecule has 0 heterocycles. The van der Waals surface area contributed by atoms with Crippen molar-refractivity contribution in [1.29, 1.82) is 0 Å². The average Bonchev–Trinajstić information content (AvgIpc) is 2.50. The molecule has 0 saturated heterocycles. The van der Waals surface area contributed by atoms with Gasteiger partial charge in [0.2, 0.25) is 0 Å². The lowest BCUT2D eigenvalue weighted by Gasteiger charge is -2.09. The van der Waals surface area contributed by atoms with Crippen molar-refractivity contribution in [3.05, 3.63) is 35.4 Å². The Bertz CT molecular complexity index is 341. The fourth-order valence-corrected chi connectivity index (χ4v) is 2.88. The smallest absolute Gasteiger partial charge is 0.00387 e. The molecule has 0 aliphatic rings. The monoisotopic (exact) mass is 289 g/mol. The van der Waals surface area contributed by atoms with Gasteiger partial charge < -0.3 is 5.73 Å². The Morgan fingerprint density at radius 2 is 1.29 bits per heavy atom. The molecule has 0 fully saturated rings. The Balaban J connectivity index is 2.16. The van der Waals surface area contributed by atoms with Crippen molar-refractivity contribution < 1.29 is 0 Å². The van der Waals surface area contributed by atoms with E-state index in [4.69, 9.17) is 5.73 Å². The Morgan fingerprint density at radius 3 is 1.81 bits per heavy atom. The molecule has 1 aromatic rings. The van der Waals surface area contributed by atoms with Crippen molar-refractivity contribution in [1.82, 2.24) is 0 Å². The van der Waals surface area contributed by atoms with E-state index in [0.717, 1.165) is 0 Å². The second kappa shape index (κ2) is 11.8. The first kappa shape index (κ1) is 18.2. The summed E-state index contributed by atoms with van der Waals surface area (Å²) in [6.45, 7) is 4.48. The van der Waals surface area contributed by atoms with Crippen molar-refractivity contribution >= 4 is 0 Å². The van der Waals surface area contributed by atoms with E-state index in [2.05, 4.69) is 38.1 Å². The lowest BCUT2D eigenvalue weighted by molar-refractivity contribution is 0.526. The Morgan fingerprint density at radius 1 is 0.714 bits per heavy atom. The van der Waals surface area contributed by atoms with Crippen LogP contribution in [0, 0.1) is 0 Å². The maximum absolute atomic E-state index is 6.05. The highest BCUT2D eigenvalue weighted by Crippen LogP contribution is 2.13. The van der Waals surface area contributed by atoms with Gasteiger partial charge in [-0.25, -0.2) is 0 Å². The molecule has 0 aliphatic heterocycles. The van der Waals surface area contributed by atoms with Gasteiger partial charge in [-0.2, -0.15) is 0 Å². The summed E-state index contributed by atoms with van der Waals surface area (Å²) in [5.41, 5.74) is 9.03. The number of hydrogen-bond acceptors (Lipinski definition) is 1. The lowest BCUT2D eigenvalue weighted by Crippen LogP contribution is -2.19. The molecule has 0 aliphatic carbocycles. The minimum absolute atomic E-state index is 0.417. The molecule has 0 saturated carbocycles. The molecule has 1 aromatic carbocycles. The van der Waals surface area contributed by atoms with Crippen LogP contribution in [0.2, 0.25) is 0 Å². The van der Waals surface area contributed by atoms with Crippen molar-refractivity contribution in [3.8, 4) is 0 Å². The van der Waals surface area contributed by atoms with E-state index in [1.165, 1.54) is 81.8 Å². The van der Waals surface area contributed by atoms with Gasteiger partial charge in [0, 0.05) is 6.04 Å². The van der Waals surface area contributed by atoms with E-state index < -0.39 is 0 Å². The molecule has 2 N–H and O–H groups in total. The van der Waals surface area contributed by atoms with Crippen LogP contribution in [0.15, 0.2) is 24.3 Å². The fraction of sp³-hybridized carbons (Fsp3) is 0.700. The summed E-state index contributed by atoms with van der Waals surface area (Å²) < 4.78 is 0. The van der Waals surface area contributed by atoms with E-state index in [9.17, 15) is 0 Å².